The average Bonchev–Trinajstić information content (AvgIpc) is 2.75. The van der Waals surface area contributed by atoms with Crippen molar-refractivity contribution >= 4 is 60.2 Å². The Bertz CT molecular complexity index is 940. The Labute approximate surface area is 122 Å². The van der Waals surface area contributed by atoms with E-state index in [4.69, 9.17) is 16.0 Å². The zero-order valence-corrected chi connectivity index (χ0v) is 12.1. The first-order valence-corrected chi connectivity index (χ1v) is 7.09. The number of fused-ring (bicyclic) bond motifs is 4. The number of halogens is 2. The van der Waals surface area contributed by atoms with Gasteiger partial charge in [-0.2, -0.15) is 0 Å². The van der Waals surface area contributed by atoms with E-state index >= 15 is 0 Å². The van der Waals surface area contributed by atoms with Crippen LogP contribution in [0.4, 0.5) is 0 Å². The lowest BCUT2D eigenvalue weighted by Crippen LogP contribution is -1.74. The molecule has 92 valence electrons. The first-order valence-electron chi connectivity index (χ1n) is 5.92. The van der Waals surface area contributed by atoms with Crippen LogP contribution in [0.5, 0.6) is 0 Å². The van der Waals surface area contributed by atoms with Gasteiger partial charge in [0.25, 0.3) is 0 Å². The molecule has 0 saturated carbocycles. The van der Waals surface area contributed by atoms with Crippen LogP contribution in [0.2, 0.25) is 5.02 Å². The lowest BCUT2D eigenvalue weighted by molar-refractivity contribution is 0.669. The third-order valence-corrected chi connectivity index (χ3v) is 4.31. The van der Waals surface area contributed by atoms with E-state index in [1.807, 2.05) is 30.3 Å². The van der Waals surface area contributed by atoms with Gasteiger partial charge in [-0.1, -0.05) is 39.7 Å². The molecule has 3 heteroatoms. The van der Waals surface area contributed by atoms with Gasteiger partial charge in [-0.25, -0.2) is 0 Å². The molecule has 0 fully saturated rings. The second kappa shape index (κ2) is 3.99. The molecule has 0 radical (unpaired) electrons. The molecule has 0 N–H and O–H groups in total. The molecule has 0 bridgehead atoms. The number of rotatable bonds is 0. The van der Waals surface area contributed by atoms with E-state index in [1.54, 1.807) is 0 Å². The highest BCUT2D eigenvalue weighted by atomic mass is 79.9. The average molecular weight is 332 g/mol. The smallest absolute Gasteiger partial charge is 0.136 e. The van der Waals surface area contributed by atoms with Crippen molar-refractivity contribution in [2.45, 2.75) is 0 Å². The topological polar surface area (TPSA) is 13.1 Å². The van der Waals surface area contributed by atoms with Crippen molar-refractivity contribution in [1.82, 2.24) is 0 Å². The monoisotopic (exact) mass is 330 g/mol. The highest BCUT2D eigenvalue weighted by molar-refractivity contribution is 9.10. The summed E-state index contributed by atoms with van der Waals surface area (Å²) in [7, 11) is 0. The van der Waals surface area contributed by atoms with Crippen LogP contribution >= 0.6 is 27.5 Å². The van der Waals surface area contributed by atoms with Gasteiger partial charge >= 0.3 is 0 Å². The van der Waals surface area contributed by atoms with Gasteiger partial charge in [0, 0.05) is 20.3 Å². The molecule has 0 aliphatic carbocycles. The van der Waals surface area contributed by atoms with Crippen molar-refractivity contribution in [3.8, 4) is 0 Å². The minimum atomic E-state index is 0.726. The van der Waals surface area contributed by atoms with Crippen LogP contribution in [0, 0.1) is 0 Å². The molecule has 4 rings (SSSR count). The van der Waals surface area contributed by atoms with Gasteiger partial charge in [-0.15, -0.1) is 0 Å². The molecular formula is C16H8BrClO. The third kappa shape index (κ3) is 1.67. The van der Waals surface area contributed by atoms with Crippen molar-refractivity contribution in [2.75, 3.05) is 0 Å². The summed E-state index contributed by atoms with van der Waals surface area (Å²) >= 11 is 9.65. The third-order valence-electron chi connectivity index (χ3n) is 3.38. The molecular weight excluding hydrogens is 324 g/mol. The predicted octanol–water partition coefficient (Wildman–Crippen LogP) is 6.16. The van der Waals surface area contributed by atoms with Crippen LogP contribution < -0.4 is 0 Å². The zero-order chi connectivity index (χ0) is 13.0. The van der Waals surface area contributed by atoms with Gasteiger partial charge in [-0.05, 0) is 47.2 Å². The highest BCUT2D eigenvalue weighted by Gasteiger charge is 2.09. The van der Waals surface area contributed by atoms with E-state index in [1.165, 1.54) is 5.39 Å². The summed E-state index contributed by atoms with van der Waals surface area (Å²) in [5.74, 6) is 0. The molecule has 0 saturated heterocycles. The SMILES string of the molecule is Clc1ccc2oc3cc4c(Br)cccc4cc3c2c1. The quantitative estimate of drug-likeness (QED) is 0.376. The van der Waals surface area contributed by atoms with Crippen molar-refractivity contribution in [2.24, 2.45) is 0 Å². The summed E-state index contributed by atoms with van der Waals surface area (Å²) in [5.41, 5.74) is 1.75. The normalized spacial score (nSPS) is 11.7. The summed E-state index contributed by atoms with van der Waals surface area (Å²) in [4.78, 5) is 0. The predicted molar refractivity (Wildman–Crippen MR) is 83.9 cm³/mol. The number of furan rings is 1. The van der Waals surface area contributed by atoms with Gasteiger partial charge in [0.2, 0.25) is 0 Å². The number of hydrogen-bond acceptors (Lipinski definition) is 1. The van der Waals surface area contributed by atoms with Crippen LogP contribution in [0.1, 0.15) is 0 Å². The molecule has 1 heterocycles. The Balaban J connectivity index is 2.24. The van der Waals surface area contributed by atoms with Crippen LogP contribution in [-0.2, 0) is 0 Å². The van der Waals surface area contributed by atoms with Gasteiger partial charge in [-0.3, -0.25) is 0 Å². The lowest BCUT2D eigenvalue weighted by atomic mass is 10.1. The Morgan fingerprint density at radius 1 is 0.842 bits per heavy atom. The maximum atomic E-state index is 6.07. The van der Waals surface area contributed by atoms with Crippen LogP contribution in [-0.4, -0.2) is 0 Å². The molecule has 3 aromatic carbocycles. The maximum Gasteiger partial charge on any atom is 0.136 e. The molecule has 19 heavy (non-hydrogen) atoms. The molecule has 0 aliphatic heterocycles. The van der Waals surface area contributed by atoms with Crippen LogP contribution in [0.15, 0.2) is 57.4 Å². The first-order chi connectivity index (χ1) is 9.22. The summed E-state index contributed by atoms with van der Waals surface area (Å²) in [6.45, 7) is 0. The second-order valence-corrected chi connectivity index (χ2v) is 5.84. The maximum absolute atomic E-state index is 6.07. The fourth-order valence-electron chi connectivity index (χ4n) is 2.48. The van der Waals surface area contributed by atoms with E-state index in [9.17, 15) is 0 Å². The summed E-state index contributed by atoms with van der Waals surface area (Å²) < 4.78 is 6.97. The molecule has 4 aromatic rings. The summed E-state index contributed by atoms with van der Waals surface area (Å²) in [6, 6.07) is 16.1. The van der Waals surface area contributed by atoms with Crippen molar-refractivity contribution < 1.29 is 4.42 Å². The Morgan fingerprint density at radius 3 is 2.58 bits per heavy atom. The Hall–Kier alpha value is -1.51. The minimum absolute atomic E-state index is 0.726. The first kappa shape index (κ1) is 11.3. The minimum Gasteiger partial charge on any atom is -0.456 e. The van der Waals surface area contributed by atoms with Crippen LogP contribution in [0.25, 0.3) is 32.7 Å². The summed E-state index contributed by atoms with van der Waals surface area (Å²) in [5, 5.41) is 5.22. The zero-order valence-electron chi connectivity index (χ0n) is 9.78. The van der Waals surface area contributed by atoms with E-state index in [0.717, 1.165) is 36.8 Å². The molecule has 0 aliphatic rings. The molecule has 0 unspecified atom stereocenters. The molecule has 1 aromatic heterocycles. The summed E-state index contributed by atoms with van der Waals surface area (Å²) in [6.07, 6.45) is 0. The van der Waals surface area contributed by atoms with Crippen molar-refractivity contribution in [1.29, 1.82) is 0 Å². The fraction of sp³-hybridized carbons (Fsp3) is 0. The molecule has 0 spiro atoms. The van der Waals surface area contributed by atoms with E-state index in [-0.39, 0.29) is 0 Å². The van der Waals surface area contributed by atoms with Crippen molar-refractivity contribution in [3.63, 3.8) is 0 Å². The van der Waals surface area contributed by atoms with Crippen LogP contribution in [0.3, 0.4) is 0 Å². The van der Waals surface area contributed by atoms with Crippen molar-refractivity contribution in [3.05, 3.63) is 58.0 Å². The standard InChI is InChI=1S/C16H8BrClO/c17-14-3-1-2-9-6-12-13-7-10(18)4-5-15(13)19-16(12)8-11(9)14/h1-8H. The van der Waals surface area contributed by atoms with E-state index in [0.29, 0.717) is 0 Å². The van der Waals surface area contributed by atoms with Gasteiger partial charge in [0.05, 0.1) is 0 Å². The second-order valence-electron chi connectivity index (χ2n) is 4.55. The number of benzene rings is 3. The molecule has 1 nitrogen and oxygen atoms in total. The Morgan fingerprint density at radius 2 is 1.68 bits per heavy atom. The lowest BCUT2D eigenvalue weighted by Gasteiger charge is -2.00. The number of hydrogen-bond donors (Lipinski definition) is 0. The van der Waals surface area contributed by atoms with E-state index < -0.39 is 0 Å². The Kier molecular flexibility index (Phi) is 2.38. The highest BCUT2D eigenvalue weighted by Crippen LogP contribution is 2.35. The van der Waals surface area contributed by atoms with Gasteiger partial charge < -0.3 is 4.42 Å². The molecule has 0 amide bonds. The van der Waals surface area contributed by atoms with Gasteiger partial charge in [0.1, 0.15) is 11.2 Å². The van der Waals surface area contributed by atoms with Gasteiger partial charge in [0.15, 0.2) is 0 Å². The fourth-order valence-corrected chi connectivity index (χ4v) is 3.15. The largest absolute Gasteiger partial charge is 0.456 e. The van der Waals surface area contributed by atoms with E-state index in [2.05, 4.69) is 34.1 Å². The molecule has 0 atom stereocenters.